The minimum Gasteiger partial charge on any atom is -0.395 e. The number of thioether (sulfide) groups is 1. The van der Waals surface area contributed by atoms with Crippen LogP contribution in [0.5, 0.6) is 0 Å². The predicted octanol–water partition coefficient (Wildman–Crippen LogP) is 3.88. The van der Waals surface area contributed by atoms with Crippen LogP contribution in [0.3, 0.4) is 0 Å². The van der Waals surface area contributed by atoms with Crippen molar-refractivity contribution in [2.45, 2.75) is 50.2 Å². The van der Waals surface area contributed by atoms with Crippen molar-refractivity contribution in [1.82, 2.24) is 10.2 Å². The lowest BCUT2D eigenvalue weighted by molar-refractivity contribution is 0.127. The van der Waals surface area contributed by atoms with Gasteiger partial charge in [-0.1, -0.05) is 42.5 Å². The van der Waals surface area contributed by atoms with E-state index in [2.05, 4.69) is 65.1 Å². The van der Waals surface area contributed by atoms with Gasteiger partial charge in [-0.3, -0.25) is 9.89 Å². The number of nitrogens with one attached hydrogen (secondary N) is 1. The van der Waals surface area contributed by atoms with Crippen molar-refractivity contribution in [1.29, 1.82) is 0 Å². The first-order valence-electron chi connectivity index (χ1n) is 11.3. The van der Waals surface area contributed by atoms with Gasteiger partial charge < -0.3 is 10.4 Å². The molecule has 162 valence electrons. The number of aliphatic imine (C=N–C) groups is 1. The Hall–Kier alpha value is -1.40. The van der Waals surface area contributed by atoms with Crippen LogP contribution in [0.15, 0.2) is 64.9 Å². The average Bonchev–Trinajstić information content (AvgIpc) is 2.79. The Morgan fingerprint density at radius 3 is 3.00 bits per heavy atom. The molecule has 4 aliphatic rings. The zero-order valence-electron chi connectivity index (χ0n) is 18.0. The van der Waals surface area contributed by atoms with Crippen LogP contribution >= 0.6 is 11.8 Å². The molecule has 0 aromatic heterocycles. The Balaban J connectivity index is 1.47. The maximum atomic E-state index is 10.2. The summed E-state index contributed by atoms with van der Waals surface area (Å²) in [4.78, 5) is 7.52. The SMILES string of the molecule is CSCCC(CO)N(CC1=NC2=CC=CCC2CC1)CC1C=CC2=CC=CCC2N1. The van der Waals surface area contributed by atoms with Gasteiger partial charge in [-0.15, -0.1) is 0 Å². The molecule has 0 amide bonds. The Morgan fingerprint density at radius 1 is 1.27 bits per heavy atom. The molecule has 2 aliphatic heterocycles. The van der Waals surface area contributed by atoms with E-state index in [4.69, 9.17) is 4.99 Å². The number of rotatable bonds is 9. The third kappa shape index (κ3) is 5.44. The van der Waals surface area contributed by atoms with Crippen molar-refractivity contribution in [2.24, 2.45) is 10.9 Å². The quantitative estimate of drug-likeness (QED) is 0.589. The summed E-state index contributed by atoms with van der Waals surface area (Å²) in [6, 6.07) is 0.893. The third-order valence-electron chi connectivity index (χ3n) is 6.64. The average molecular weight is 426 g/mol. The molecule has 0 aromatic carbocycles. The molecule has 4 unspecified atom stereocenters. The standard InChI is InChI=1S/C25H35N3OS/c1-30-15-14-23(18-29)28(16-21-12-10-19-6-2-4-8-24(19)26-21)17-22-13-11-20-7-3-5-9-25(20)27-22/h2-6,9-10,12,20-21,23-24,26,29H,7-8,11,13-18H2,1H3. The van der Waals surface area contributed by atoms with Crippen molar-refractivity contribution < 1.29 is 5.11 Å². The number of hydrogen-bond donors (Lipinski definition) is 2. The first kappa shape index (κ1) is 21.8. The molecule has 4 atom stereocenters. The van der Waals surface area contributed by atoms with Gasteiger partial charge in [0.2, 0.25) is 0 Å². The molecule has 0 saturated heterocycles. The van der Waals surface area contributed by atoms with E-state index >= 15 is 0 Å². The van der Waals surface area contributed by atoms with Gasteiger partial charge in [0.25, 0.3) is 0 Å². The second kappa shape index (κ2) is 10.8. The van der Waals surface area contributed by atoms with Crippen LogP contribution in [0.4, 0.5) is 0 Å². The van der Waals surface area contributed by atoms with E-state index in [0.29, 0.717) is 18.0 Å². The fraction of sp³-hybridized carbons (Fsp3) is 0.560. The highest BCUT2D eigenvalue weighted by atomic mass is 32.2. The lowest BCUT2D eigenvalue weighted by atomic mass is 9.88. The molecule has 5 heteroatoms. The number of allylic oxidation sites excluding steroid dienone is 6. The van der Waals surface area contributed by atoms with E-state index in [-0.39, 0.29) is 12.6 Å². The van der Waals surface area contributed by atoms with Crippen molar-refractivity contribution in [3.05, 3.63) is 59.9 Å². The molecule has 4 rings (SSSR count). The fourth-order valence-electron chi connectivity index (χ4n) is 4.86. The van der Waals surface area contributed by atoms with E-state index in [1.807, 2.05) is 11.8 Å². The van der Waals surface area contributed by atoms with Crippen LogP contribution in [0.25, 0.3) is 0 Å². The summed E-state index contributed by atoms with van der Waals surface area (Å²) in [5, 5.41) is 14.0. The zero-order chi connectivity index (χ0) is 20.8. The van der Waals surface area contributed by atoms with Gasteiger partial charge in [0, 0.05) is 48.5 Å². The molecule has 4 nitrogen and oxygen atoms in total. The summed E-state index contributed by atoms with van der Waals surface area (Å²) in [7, 11) is 0. The van der Waals surface area contributed by atoms with Gasteiger partial charge in [-0.2, -0.15) is 11.8 Å². The fourth-order valence-corrected chi connectivity index (χ4v) is 5.37. The summed E-state index contributed by atoms with van der Waals surface area (Å²) in [6.45, 7) is 1.97. The normalized spacial score (nSPS) is 28.5. The highest BCUT2D eigenvalue weighted by Gasteiger charge is 2.28. The Labute approximate surface area is 185 Å². The van der Waals surface area contributed by atoms with Gasteiger partial charge in [-0.05, 0) is 55.8 Å². The first-order valence-corrected chi connectivity index (χ1v) is 12.7. The largest absolute Gasteiger partial charge is 0.395 e. The molecular weight excluding hydrogens is 390 g/mol. The second-order valence-corrected chi connectivity index (χ2v) is 9.72. The van der Waals surface area contributed by atoms with Crippen molar-refractivity contribution in [3.63, 3.8) is 0 Å². The molecule has 0 bridgehead atoms. The number of aliphatic hydroxyl groups is 1. The summed E-state index contributed by atoms with van der Waals surface area (Å²) in [5.41, 5.74) is 3.90. The minimum absolute atomic E-state index is 0.177. The first-order chi connectivity index (χ1) is 14.8. The van der Waals surface area contributed by atoms with E-state index < -0.39 is 0 Å². The van der Waals surface area contributed by atoms with E-state index in [0.717, 1.165) is 44.5 Å². The zero-order valence-corrected chi connectivity index (χ0v) is 18.9. The molecule has 0 aromatic rings. The molecule has 0 spiro atoms. The lowest BCUT2D eigenvalue weighted by Crippen LogP contribution is -2.52. The number of hydrogen-bond acceptors (Lipinski definition) is 5. The van der Waals surface area contributed by atoms with Gasteiger partial charge >= 0.3 is 0 Å². The van der Waals surface area contributed by atoms with Crippen LogP contribution in [0.1, 0.15) is 32.1 Å². The molecule has 30 heavy (non-hydrogen) atoms. The molecule has 0 fully saturated rings. The highest BCUT2D eigenvalue weighted by molar-refractivity contribution is 7.98. The Kier molecular flexibility index (Phi) is 7.83. The van der Waals surface area contributed by atoms with Crippen LogP contribution in [0.2, 0.25) is 0 Å². The van der Waals surface area contributed by atoms with E-state index in [9.17, 15) is 5.11 Å². The smallest absolute Gasteiger partial charge is 0.0587 e. The van der Waals surface area contributed by atoms with Crippen LogP contribution in [0, 0.1) is 5.92 Å². The van der Waals surface area contributed by atoms with E-state index in [1.165, 1.54) is 23.4 Å². The molecular formula is C25H35N3OS. The summed E-state index contributed by atoms with van der Waals surface area (Å²) < 4.78 is 0. The molecule has 0 saturated carbocycles. The minimum atomic E-state index is 0.177. The van der Waals surface area contributed by atoms with Crippen molar-refractivity contribution >= 4 is 17.5 Å². The summed E-state index contributed by atoms with van der Waals surface area (Å²) >= 11 is 1.86. The van der Waals surface area contributed by atoms with Crippen molar-refractivity contribution in [3.8, 4) is 0 Å². The van der Waals surface area contributed by atoms with Gasteiger partial charge in [0.1, 0.15) is 0 Å². The maximum absolute atomic E-state index is 10.2. The molecule has 2 aliphatic carbocycles. The lowest BCUT2D eigenvalue weighted by Gasteiger charge is -2.37. The second-order valence-electron chi connectivity index (χ2n) is 8.73. The monoisotopic (exact) mass is 425 g/mol. The topological polar surface area (TPSA) is 47.9 Å². The van der Waals surface area contributed by atoms with Gasteiger partial charge in [-0.25, -0.2) is 0 Å². The van der Waals surface area contributed by atoms with Crippen LogP contribution < -0.4 is 5.32 Å². The van der Waals surface area contributed by atoms with Gasteiger partial charge in [0.15, 0.2) is 0 Å². The number of nitrogens with zero attached hydrogens (tertiary/aromatic N) is 2. The van der Waals surface area contributed by atoms with Gasteiger partial charge in [0.05, 0.1) is 6.61 Å². The predicted molar refractivity (Wildman–Crippen MR) is 129 cm³/mol. The third-order valence-corrected chi connectivity index (χ3v) is 7.29. The molecule has 2 heterocycles. The van der Waals surface area contributed by atoms with Crippen molar-refractivity contribution in [2.75, 3.05) is 31.7 Å². The highest BCUT2D eigenvalue weighted by Crippen LogP contribution is 2.31. The molecule has 0 radical (unpaired) electrons. The summed E-state index contributed by atoms with van der Waals surface area (Å²) in [5.74, 6) is 1.67. The molecule has 2 N–H and O–H groups in total. The summed E-state index contributed by atoms with van der Waals surface area (Å²) in [6.07, 6.45) is 25.4. The Morgan fingerprint density at radius 2 is 2.13 bits per heavy atom. The van der Waals surface area contributed by atoms with Crippen LogP contribution in [-0.4, -0.2) is 65.5 Å². The Bertz CT molecular complexity index is 779. The van der Waals surface area contributed by atoms with Crippen LogP contribution in [-0.2, 0) is 0 Å². The number of aliphatic hydroxyl groups excluding tert-OH is 1. The number of fused-ring (bicyclic) bond motifs is 2. The maximum Gasteiger partial charge on any atom is 0.0587 e. The van der Waals surface area contributed by atoms with E-state index in [1.54, 1.807) is 0 Å².